The lowest BCUT2D eigenvalue weighted by Crippen LogP contribution is -2.41. The molecule has 15 heavy (non-hydrogen) atoms. The zero-order chi connectivity index (χ0) is 12.3. The van der Waals surface area contributed by atoms with Crippen LogP contribution in [-0.4, -0.2) is 18.7 Å². The molecule has 0 unspecified atom stereocenters. The second-order valence-corrected chi connectivity index (χ2v) is 12.7. The minimum Gasteiger partial charge on any atom is -0.417 e. The predicted octanol–water partition coefficient (Wildman–Crippen LogP) is 5.16. The molecule has 0 aliphatic heterocycles. The van der Waals surface area contributed by atoms with Crippen LogP contribution in [0, 0.1) is 0 Å². The molecule has 5 heteroatoms. The van der Waals surface area contributed by atoms with Crippen LogP contribution in [0.1, 0.15) is 33.6 Å². The lowest BCUT2D eigenvalue weighted by molar-refractivity contribution is 0.279. The Kier molecular flexibility index (Phi) is 5.98. The molecule has 0 saturated carbocycles. The summed E-state index contributed by atoms with van der Waals surface area (Å²) in [4.78, 5) is 0. The smallest absolute Gasteiger partial charge is 0.191 e. The van der Waals surface area contributed by atoms with Gasteiger partial charge in [0.2, 0.25) is 0 Å². The molecule has 0 N–H and O–H groups in total. The minimum atomic E-state index is -1.63. The first-order chi connectivity index (χ1) is 6.46. The van der Waals surface area contributed by atoms with E-state index in [0.717, 1.165) is 6.42 Å². The fourth-order valence-electron chi connectivity index (χ4n) is 0.816. The molecular weight excluding hydrogens is 271 g/mol. The van der Waals surface area contributed by atoms with Crippen LogP contribution in [-0.2, 0) is 4.43 Å². The molecule has 0 amide bonds. The first-order valence-corrected chi connectivity index (χ1v) is 9.21. The standard InChI is InChI=1S/C10H21Cl3OSi/c1-9(2,3)15(4,5)14-8-6-7-10(11,12)13/h6-8H2,1-5H3. The fourth-order valence-corrected chi connectivity index (χ4v) is 2.30. The highest BCUT2D eigenvalue weighted by molar-refractivity contribution is 6.74. The highest BCUT2D eigenvalue weighted by atomic mass is 35.6. The normalized spacial score (nSPS) is 14.4. The summed E-state index contributed by atoms with van der Waals surface area (Å²) in [5.74, 6) is 0. The fraction of sp³-hybridized carbons (Fsp3) is 1.00. The predicted molar refractivity (Wildman–Crippen MR) is 72.7 cm³/mol. The molecule has 0 heterocycles. The molecule has 0 fully saturated rings. The van der Waals surface area contributed by atoms with Gasteiger partial charge in [-0.1, -0.05) is 55.6 Å². The van der Waals surface area contributed by atoms with E-state index in [1.807, 2.05) is 0 Å². The third-order valence-electron chi connectivity index (χ3n) is 2.87. The summed E-state index contributed by atoms with van der Waals surface area (Å²) < 4.78 is 4.81. The zero-order valence-electron chi connectivity index (χ0n) is 10.2. The Morgan fingerprint density at radius 3 is 1.87 bits per heavy atom. The van der Waals surface area contributed by atoms with E-state index in [9.17, 15) is 0 Å². The van der Waals surface area contributed by atoms with Crippen molar-refractivity contribution >= 4 is 43.1 Å². The summed E-state index contributed by atoms with van der Waals surface area (Å²) >= 11 is 17.0. The molecule has 0 rings (SSSR count). The summed E-state index contributed by atoms with van der Waals surface area (Å²) in [6, 6.07) is 0. The summed E-state index contributed by atoms with van der Waals surface area (Å²) in [7, 11) is -1.63. The van der Waals surface area contributed by atoms with Gasteiger partial charge < -0.3 is 4.43 Å². The maximum absolute atomic E-state index is 5.95. The number of hydrogen-bond acceptors (Lipinski definition) is 1. The quantitative estimate of drug-likeness (QED) is 0.395. The van der Waals surface area contributed by atoms with Gasteiger partial charge >= 0.3 is 0 Å². The lowest BCUT2D eigenvalue weighted by atomic mass is 10.2. The average molecular weight is 292 g/mol. The van der Waals surface area contributed by atoms with Crippen LogP contribution in [0.15, 0.2) is 0 Å². The van der Waals surface area contributed by atoms with Crippen molar-refractivity contribution < 1.29 is 4.43 Å². The molecule has 0 atom stereocenters. The average Bonchev–Trinajstić information content (AvgIpc) is 1.94. The monoisotopic (exact) mass is 290 g/mol. The molecule has 0 aromatic heterocycles. The van der Waals surface area contributed by atoms with Gasteiger partial charge in [0.25, 0.3) is 0 Å². The summed E-state index contributed by atoms with van der Waals surface area (Å²) in [5.41, 5.74) is 0. The zero-order valence-corrected chi connectivity index (χ0v) is 13.4. The Morgan fingerprint density at radius 1 is 1.07 bits per heavy atom. The van der Waals surface area contributed by atoms with Gasteiger partial charge in [0.05, 0.1) is 0 Å². The van der Waals surface area contributed by atoms with Crippen molar-refractivity contribution in [1.29, 1.82) is 0 Å². The number of alkyl halides is 3. The van der Waals surface area contributed by atoms with Gasteiger partial charge in [-0.2, -0.15) is 0 Å². The van der Waals surface area contributed by atoms with Crippen LogP contribution in [0.4, 0.5) is 0 Å². The van der Waals surface area contributed by atoms with Crippen LogP contribution in [0.2, 0.25) is 18.1 Å². The SMILES string of the molecule is CC(C)(C)[Si](C)(C)OCCCC(Cl)(Cl)Cl. The molecule has 0 aromatic carbocycles. The van der Waals surface area contributed by atoms with Crippen molar-refractivity contribution in [2.45, 2.75) is 55.5 Å². The van der Waals surface area contributed by atoms with Crippen molar-refractivity contribution in [2.75, 3.05) is 6.61 Å². The highest BCUT2D eigenvalue weighted by Crippen LogP contribution is 2.37. The third-order valence-corrected chi connectivity index (χ3v) is 7.98. The number of hydrogen-bond donors (Lipinski definition) is 0. The van der Waals surface area contributed by atoms with Crippen molar-refractivity contribution in [3.63, 3.8) is 0 Å². The summed E-state index contributed by atoms with van der Waals surface area (Å²) in [6.45, 7) is 11.8. The second kappa shape index (κ2) is 5.59. The Morgan fingerprint density at radius 2 is 1.53 bits per heavy atom. The Labute approximate surface area is 110 Å². The van der Waals surface area contributed by atoms with Gasteiger partial charge in [-0.25, -0.2) is 0 Å². The molecule has 0 aliphatic rings. The second-order valence-electron chi connectivity index (χ2n) is 5.33. The maximum Gasteiger partial charge on any atom is 0.191 e. The number of rotatable bonds is 4. The van der Waals surface area contributed by atoms with Crippen LogP contribution < -0.4 is 0 Å². The van der Waals surface area contributed by atoms with Crippen molar-refractivity contribution in [3.8, 4) is 0 Å². The number of halogens is 3. The molecular formula is C10H21Cl3OSi. The van der Waals surface area contributed by atoms with E-state index in [2.05, 4.69) is 33.9 Å². The largest absolute Gasteiger partial charge is 0.417 e. The van der Waals surface area contributed by atoms with Gasteiger partial charge in [0, 0.05) is 6.61 Å². The van der Waals surface area contributed by atoms with E-state index >= 15 is 0 Å². The van der Waals surface area contributed by atoms with Crippen LogP contribution in [0.25, 0.3) is 0 Å². The van der Waals surface area contributed by atoms with Gasteiger partial charge in [-0.05, 0) is 31.0 Å². The minimum absolute atomic E-state index is 0.243. The van der Waals surface area contributed by atoms with Crippen LogP contribution in [0.5, 0.6) is 0 Å². The topological polar surface area (TPSA) is 9.23 Å². The Balaban J connectivity index is 3.87. The molecule has 92 valence electrons. The molecule has 0 aliphatic carbocycles. The van der Waals surface area contributed by atoms with Crippen molar-refractivity contribution in [1.82, 2.24) is 0 Å². The summed E-state index contributed by atoms with van der Waals surface area (Å²) in [6.07, 6.45) is 1.34. The first-order valence-electron chi connectivity index (χ1n) is 5.16. The van der Waals surface area contributed by atoms with Gasteiger partial charge in [0.1, 0.15) is 0 Å². The molecule has 0 radical (unpaired) electrons. The summed E-state index contributed by atoms with van der Waals surface area (Å²) in [5, 5.41) is 0.243. The highest BCUT2D eigenvalue weighted by Gasteiger charge is 2.36. The molecule has 0 aromatic rings. The van der Waals surface area contributed by atoms with E-state index < -0.39 is 12.1 Å². The van der Waals surface area contributed by atoms with E-state index in [1.54, 1.807) is 0 Å². The molecule has 0 bridgehead atoms. The lowest BCUT2D eigenvalue weighted by Gasteiger charge is -2.36. The van der Waals surface area contributed by atoms with E-state index in [1.165, 1.54) is 0 Å². The van der Waals surface area contributed by atoms with Crippen LogP contribution in [0.3, 0.4) is 0 Å². The van der Waals surface area contributed by atoms with E-state index in [4.69, 9.17) is 39.2 Å². The molecule has 0 saturated heterocycles. The third kappa shape index (κ3) is 7.06. The Hall–Kier alpha value is 1.05. The first kappa shape index (κ1) is 16.0. The van der Waals surface area contributed by atoms with Crippen molar-refractivity contribution in [3.05, 3.63) is 0 Å². The van der Waals surface area contributed by atoms with E-state index in [-0.39, 0.29) is 5.04 Å². The van der Waals surface area contributed by atoms with Gasteiger partial charge in [-0.15, -0.1) is 0 Å². The maximum atomic E-state index is 5.95. The van der Waals surface area contributed by atoms with Crippen molar-refractivity contribution in [2.24, 2.45) is 0 Å². The van der Waals surface area contributed by atoms with E-state index in [0.29, 0.717) is 13.0 Å². The van der Waals surface area contributed by atoms with Crippen LogP contribution >= 0.6 is 34.8 Å². The molecule has 1 nitrogen and oxygen atoms in total. The van der Waals surface area contributed by atoms with Gasteiger partial charge in [-0.3, -0.25) is 0 Å². The molecule has 0 spiro atoms. The van der Waals surface area contributed by atoms with Gasteiger partial charge in [0.15, 0.2) is 12.1 Å². The Bertz CT molecular complexity index is 194.